The molecule has 2 aliphatic rings. The van der Waals surface area contributed by atoms with E-state index >= 15 is 0 Å². The number of amides is 1. The number of aliphatic imine (C=N–C) groups is 1. The Hall–Kier alpha value is -1.30. The Balaban J connectivity index is 1.84. The van der Waals surface area contributed by atoms with Gasteiger partial charge in [-0.25, -0.2) is 4.99 Å². The standard InChI is InChI=1S/C19H36N4O2/c1-4-5-15-6-8-17(9-7-15)22-19(21-13-18(24)23(2)3)20-12-16-10-11-25-14-16/h15-17H,4-14H2,1-3H3,(H2,20,21,22). The van der Waals surface area contributed by atoms with Gasteiger partial charge >= 0.3 is 0 Å². The van der Waals surface area contributed by atoms with Crippen LogP contribution in [-0.2, 0) is 9.53 Å². The minimum absolute atomic E-state index is 0.0250. The van der Waals surface area contributed by atoms with Gasteiger partial charge in [0.15, 0.2) is 5.96 Å². The number of nitrogens with zero attached hydrogens (tertiary/aromatic N) is 2. The first-order valence-corrected chi connectivity index (χ1v) is 9.91. The van der Waals surface area contributed by atoms with Gasteiger partial charge < -0.3 is 20.3 Å². The lowest BCUT2D eigenvalue weighted by Crippen LogP contribution is -2.46. The molecule has 144 valence electrons. The summed E-state index contributed by atoms with van der Waals surface area (Å²) in [6.07, 6.45) is 8.72. The molecule has 0 aromatic carbocycles. The van der Waals surface area contributed by atoms with Crippen molar-refractivity contribution in [3.8, 4) is 0 Å². The summed E-state index contributed by atoms with van der Waals surface area (Å²) in [4.78, 5) is 18.0. The van der Waals surface area contributed by atoms with Crippen LogP contribution in [0, 0.1) is 11.8 Å². The molecule has 6 heteroatoms. The van der Waals surface area contributed by atoms with Crippen molar-refractivity contribution < 1.29 is 9.53 Å². The van der Waals surface area contributed by atoms with Crippen molar-refractivity contribution in [1.29, 1.82) is 0 Å². The van der Waals surface area contributed by atoms with Gasteiger partial charge in [0, 0.05) is 39.2 Å². The van der Waals surface area contributed by atoms with Gasteiger partial charge in [0.2, 0.25) is 5.91 Å². The molecule has 25 heavy (non-hydrogen) atoms. The molecular weight excluding hydrogens is 316 g/mol. The normalized spacial score (nSPS) is 27.2. The Morgan fingerprint density at radius 2 is 1.92 bits per heavy atom. The minimum atomic E-state index is 0.0250. The second-order valence-corrected chi connectivity index (χ2v) is 7.71. The Kier molecular flexibility index (Phi) is 8.52. The van der Waals surface area contributed by atoms with Gasteiger partial charge in [-0.3, -0.25) is 4.79 Å². The number of carbonyl (C=O) groups excluding carboxylic acids is 1. The predicted molar refractivity (Wildman–Crippen MR) is 102 cm³/mol. The number of hydrogen-bond donors (Lipinski definition) is 2. The fraction of sp³-hybridized carbons (Fsp3) is 0.895. The van der Waals surface area contributed by atoms with E-state index in [2.05, 4.69) is 22.5 Å². The molecule has 0 spiro atoms. The molecule has 0 bridgehead atoms. The molecule has 1 saturated heterocycles. The highest BCUT2D eigenvalue weighted by Gasteiger charge is 2.22. The van der Waals surface area contributed by atoms with E-state index in [4.69, 9.17) is 4.74 Å². The number of rotatable bonds is 7. The fourth-order valence-corrected chi connectivity index (χ4v) is 3.62. The lowest BCUT2D eigenvalue weighted by atomic mass is 9.83. The third-order valence-electron chi connectivity index (χ3n) is 5.34. The van der Waals surface area contributed by atoms with E-state index in [-0.39, 0.29) is 12.5 Å². The maximum Gasteiger partial charge on any atom is 0.243 e. The predicted octanol–water partition coefficient (Wildman–Crippen LogP) is 2.01. The second-order valence-electron chi connectivity index (χ2n) is 7.71. The first-order chi connectivity index (χ1) is 12.1. The summed E-state index contributed by atoms with van der Waals surface area (Å²) in [7, 11) is 3.53. The lowest BCUT2D eigenvalue weighted by Gasteiger charge is -2.30. The van der Waals surface area contributed by atoms with Crippen LogP contribution in [0.2, 0.25) is 0 Å². The molecule has 0 aromatic rings. The molecule has 1 unspecified atom stereocenters. The fourth-order valence-electron chi connectivity index (χ4n) is 3.62. The zero-order valence-electron chi connectivity index (χ0n) is 16.2. The summed E-state index contributed by atoms with van der Waals surface area (Å²) in [6, 6.07) is 0.466. The van der Waals surface area contributed by atoms with Gasteiger partial charge in [-0.05, 0) is 38.0 Å². The van der Waals surface area contributed by atoms with Crippen LogP contribution < -0.4 is 10.6 Å². The Morgan fingerprint density at radius 1 is 1.16 bits per heavy atom. The lowest BCUT2D eigenvalue weighted by molar-refractivity contribution is -0.127. The summed E-state index contributed by atoms with van der Waals surface area (Å²) in [5.41, 5.74) is 0. The molecule has 0 radical (unpaired) electrons. The minimum Gasteiger partial charge on any atom is -0.381 e. The monoisotopic (exact) mass is 352 g/mol. The van der Waals surface area contributed by atoms with Crippen molar-refractivity contribution in [3.63, 3.8) is 0 Å². The van der Waals surface area contributed by atoms with Crippen molar-refractivity contribution in [2.45, 2.75) is 57.9 Å². The number of ether oxygens (including phenoxy) is 1. The average molecular weight is 353 g/mol. The molecule has 2 rings (SSSR count). The number of hydrogen-bond acceptors (Lipinski definition) is 3. The Bertz CT molecular complexity index is 425. The average Bonchev–Trinajstić information content (AvgIpc) is 3.12. The van der Waals surface area contributed by atoms with Gasteiger partial charge in [-0.1, -0.05) is 19.8 Å². The smallest absolute Gasteiger partial charge is 0.243 e. The van der Waals surface area contributed by atoms with E-state index in [1.807, 2.05) is 0 Å². The summed E-state index contributed by atoms with van der Waals surface area (Å²) >= 11 is 0. The first kappa shape index (κ1) is 20.0. The van der Waals surface area contributed by atoms with Crippen molar-refractivity contribution >= 4 is 11.9 Å². The SMILES string of the molecule is CCCC1CCC(NC(=NCC(=O)N(C)C)NCC2CCOC2)CC1. The quantitative estimate of drug-likeness (QED) is 0.543. The van der Waals surface area contributed by atoms with Gasteiger partial charge in [0.25, 0.3) is 0 Å². The first-order valence-electron chi connectivity index (χ1n) is 9.91. The number of likely N-dealkylation sites (N-methyl/N-ethyl adjacent to an activating group) is 1. The van der Waals surface area contributed by atoms with Crippen LogP contribution in [0.25, 0.3) is 0 Å². The van der Waals surface area contributed by atoms with Crippen LogP contribution in [0.3, 0.4) is 0 Å². The highest BCUT2D eigenvalue weighted by atomic mass is 16.5. The van der Waals surface area contributed by atoms with Crippen LogP contribution >= 0.6 is 0 Å². The molecule has 1 heterocycles. The molecule has 0 aromatic heterocycles. The summed E-state index contributed by atoms with van der Waals surface area (Å²) < 4.78 is 5.44. The maximum atomic E-state index is 11.9. The van der Waals surface area contributed by atoms with E-state index in [1.54, 1.807) is 19.0 Å². The molecule has 1 aliphatic heterocycles. The zero-order valence-corrected chi connectivity index (χ0v) is 16.2. The van der Waals surface area contributed by atoms with E-state index < -0.39 is 0 Å². The van der Waals surface area contributed by atoms with Crippen molar-refractivity contribution in [1.82, 2.24) is 15.5 Å². The Labute approximate surface area is 152 Å². The third kappa shape index (κ3) is 7.22. The van der Waals surface area contributed by atoms with Crippen LogP contribution in [-0.4, -0.2) is 63.2 Å². The molecule has 2 fully saturated rings. The molecule has 2 N–H and O–H groups in total. The van der Waals surface area contributed by atoms with Crippen LogP contribution in [0.4, 0.5) is 0 Å². The van der Waals surface area contributed by atoms with E-state index in [1.165, 1.54) is 38.5 Å². The van der Waals surface area contributed by atoms with Crippen LogP contribution in [0.15, 0.2) is 4.99 Å². The zero-order chi connectivity index (χ0) is 18.1. The third-order valence-corrected chi connectivity index (χ3v) is 5.34. The van der Waals surface area contributed by atoms with Crippen LogP contribution in [0.5, 0.6) is 0 Å². The van der Waals surface area contributed by atoms with Gasteiger partial charge in [0.05, 0.1) is 6.61 Å². The number of guanidine groups is 1. The molecule has 1 saturated carbocycles. The highest BCUT2D eigenvalue weighted by Crippen LogP contribution is 2.27. The van der Waals surface area contributed by atoms with E-state index in [0.29, 0.717) is 12.0 Å². The summed E-state index contributed by atoms with van der Waals surface area (Å²) in [5.74, 6) is 2.23. The molecule has 6 nitrogen and oxygen atoms in total. The maximum absolute atomic E-state index is 11.9. The van der Waals surface area contributed by atoms with E-state index in [9.17, 15) is 4.79 Å². The largest absolute Gasteiger partial charge is 0.381 e. The summed E-state index contributed by atoms with van der Waals surface area (Å²) in [5, 5.41) is 6.99. The molecule has 1 atom stereocenters. The molecule has 1 aliphatic carbocycles. The number of carbonyl (C=O) groups is 1. The van der Waals surface area contributed by atoms with Gasteiger partial charge in [-0.15, -0.1) is 0 Å². The second kappa shape index (κ2) is 10.6. The summed E-state index contributed by atoms with van der Waals surface area (Å²) in [6.45, 7) is 4.99. The van der Waals surface area contributed by atoms with Crippen molar-refractivity contribution in [3.05, 3.63) is 0 Å². The number of nitrogens with one attached hydrogen (secondary N) is 2. The van der Waals surface area contributed by atoms with E-state index in [0.717, 1.165) is 38.1 Å². The van der Waals surface area contributed by atoms with Crippen molar-refractivity contribution in [2.75, 3.05) is 40.4 Å². The highest BCUT2D eigenvalue weighted by molar-refractivity contribution is 5.84. The van der Waals surface area contributed by atoms with Gasteiger partial charge in [0.1, 0.15) is 6.54 Å². The van der Waals surface area contributed by atoms with Crippen LogP contribution in [0.1, 0.15) is 51.9 Å². The Morgan fingerprint density at radius 3 is 2.52 bits per heavy atom. The molecular formula is C19H36N4O2. The topological polar surface area (TPSA) is 66.0 Å². The van der Waals surface area contributed by atoms with Gasteiger partial charge in [-0.2, -0.15) is 0 Å². The van der Waals surface area contributed by atoms with Crippen molar-refractivity contribution in [2.24, 2.45) is 16.8 Å². The molecule has 1 amide bonds.